The molecule has 1 aromatic heterocycles. The third kappa shape index (κ3) is 3.27. The van der Waals surface area contributed by atoms with Gasteiger partial charge in [-0.1, -0.05) is 6.07 Å². The lowest BCUT2D eigenvalue weighted by molar-refractivity contribution is -0.117. The maximum absolute atomic E-state index is 11.8. The molecule has 0 bridgehead atoms. The molecular weight excluding hydrogens is 232 g/mol. The summed E-state index contributed by atoms with van der Waals surface area (Å²) in [5.74, 6) is 0.600. The van der Waals surface area contributed by atoms with Crippen LogP contribution in [0, 0.1) is 0 Å². The molecule has 0 aromatic carbocycles. The molecule has 1 atom stereocenters. The van der Waals surface area contributed by atoms with Crippen LogP contribution >= 0.6 is 0 Å². The van der Waals surface area contributed by atoms with E-state index >= 15 is 0 Å². The Bertz CT molecular complexity index is 455. The summed E-state index contributed by atoms with van der Waals surface area (Å²) in [4.78, 5) is 26.9. The van der Waals surface area contributed by atoms with Crippen molar-refractivity contribution in [3.05, 3.63) is 18.2 Å². The van der Waals surface area contributed by atoms with E-state index in [4.69, 9.17) is 0 Å². The van der Waals surface area contributed by atoms with E-state index in [9.17, 15) is 9.59 Å². The number of rotatable bonds is 3. The van der Waals surface area contributed by atoms with E-state index in [1.807, 2.05) is 0 Å². The van der Waals surface area contributed by atoms with E-state index in [2.05, 4.69) is 20.9 Å². The summed E-state index contributed by atoms with van der Waals surface area (Å²) < 4.78 is 0. The Hall–Kier alpha value is -1.95. The van der Waals surface area contributed by atoms with Gasteiger partial charge in [0.1, 0.15) is 11.6 Å². The molecule has 1 aromatic rings. The molecule has 3 N–H and O–H groups in total. The number of hydrogen-bond acceptors (Lipinski definition) is 4. The van der Waals surface area contributed by atoms with Crippen LogP contribution in [0.3, 0.4) is 0 Å². The standard InChI is InChI=1S/C12H16N4O2/c1-8(17)14-10-5-2-6-11(15-10)16-12(18)9-4-3-7-13-9/h2,5-6,9,13H,3-4,7H2,1H3,(H2,14,15,16,17,18)/t9-/m0/s1. The monoisotopic (exact) mass is 248 g/mol. The summed E-state index contributed by atoms with van der Waals surface area (Å²) in [5, 5.41) is 8.42. The molecule has 96 valence electrons. The van der Waals surface area contributed by atoms with Crippen LogP contribution in [-0.4, -0.2) is 29.4 Å². The third-order valence-electron chi connectivity index (χ3n) is 2.68. The third-order valence-corrected chi connectivity index (χ3v) is 2.68. The number of amides is 2. The van der Waals surface area contributed by atoms with Crippen molar-refractivity contribution in [1.82, 2.24) is 10.3 Å². The van der Waals surface area contributed by atoms with Gasteiger partial charge in [0, 0.05) is 6.92 Å². The Labute approximate surface area is 105 Å². The fourth-order valence-electron chi connectivity index (χ4n) is 1.88. The average Bonchev–Trinajstić information content (AvgIpc) is 2.81. The summed E-state index contributed by atoms with van der Waals surface area (Å²) >= 11 is 0. The quantitative estimate of drug-likeness (QED) is 0.736. The number of nitrogens with zero attached hydrogens (tertiary/aromatic N) is 1. The summed E-state index contributed by atoms with van der Waals surface area (Å²) in [6.45, 7) is 2.28. The molecule has 0 saturated carbocycles. The molecule has 2 amide bonds. The first-order valence-corrected chi connectivity index (χ1v) is 5.94. The van der Waals surface area contributed by atoms with Crippen molar-refractivity contribution in [2.45, 2.75) is 25.8 Å². The molecule has 6 nitrogen and oxygen atoms in total. The van der Waals surface area contributed by atoms with Crippen molar-refractivity contribution in [1.29, 1.82) is 0 Å². The molecule has 1 fully saturated rings. The molecule has 0 unspecified atom stereocenters. The molecule has 0 radical (unpaired) electrons. The number of carbonyl (C=O) groups excluding carboxylic acids is 2. The van der Waals surface area contributed by atoms with Gasteiger partial charge in [0.25, 0.3) is 0 Å². The van der Waals surface area contributed by atoms with Gasteiger partial charge < -0.3 is 16.0 Å². The lowest BCUT2D eigenvalue weighted by Gasteiger charge is -2.11. The van der Waals surface area contributed by atoms with Gasteiger partial charge in [-0.25, -0.2) is 4.98 Å². The van der Waals surface area contributed by atoms with E-state index in [1.54, 1.807) is 18.2 Å². The molecule has 2 rings (SSSR count). The fourth-order valence-corrected chi connectivity index (χ4v) is 1.88. The molecule has 1 saturated heterocycles. The molecule has 6 heteroatoms. The highest BCUT2D eigenvalue weighted by molar-refractivity contribution is 5.94. The molecular formula is C12H16N4O2. The summed E-state index contributed by atoms with van der Waals surface area (Å²) in [7, 11) is 0. The van der Waals surface area contributed by atoms with E-state index in [-0.39, 0.29) is 17.9 Å². The highest BCUT2D eigenvalue weighted by Gasteiger charge is 2.22. The highest BCUT2D eigenvalue weighted by Crippen LogP contribution is 2.11. The number of anilines is 2. The van der Waals surface area contributed by atoms with Crippen molar-refractivity contribution in [2.75, 3.05) is 17.2 Å². The molecule has 0 aliphatic carbocycles. The van der Waals surface area contributed by atoms with Crippen LogP contribution in [-0.2, 0) is 9.59 Å². The van der Waals surface area contributed by atoms with E-state index in [1.165, 1.54) is 6.92 Å². The minimum absolute atomic E-state index is 0.0834. The Morgan fingerprint density at radius 3 is 2.67 bits per heavy atom. The topological polar surface area (TPSA) is 83.1 Å². The van der Waals surface area contributed by atoms with E-state index in [0.717, 1.165) is 19.4 Å². The first kappa shape index (κ1) is 12.5. The maximum atomic E-state index is 11.8. The van der Waals surface area contributed by atoms with Crippen molar-refractivity contribution in [3.63, 3.8) is 0 Å². The Morgan fingerprint density at radius 1 is 1.33 bits per heavy atom. The fraction of sp³-hybridized carbons (Fsp3) is 0.417. The van der Waals surface area contributed by atoms with Crippen LogP contribution in [0.5, 0.6) is 0 Å². The number of aromatic nitrogens is 1. The molecule has 0 spiro atoms. The van der Waals surface area contributed by atoms with Gasteiger partial charge in [-0.05, 0) is 31.5 Å². The second-order valence-electron chi connectivity index (χ2n) is 4.23. The van der Waals surface area contributed by atoms with Gasteiger partial charge in [0.05, 0.1) is 6.04 Å². The number of hydrogen-bond donors (Lipinski definition) is 3. The molecule has 2 heterocycles. The predicted molar refractivity (Wildman–Crippen MR) is 68.2 cm³/mol. The van der Waals surface area contributed by atoms with Gasteiger partial charge in [0.15, 0.2) is 0 Å². The van der Waals surface area contributed by atoms with Gasteiger partial charge >= 0.3 is 0 Å². The zero-order valence-electron chi connectivity index (χ0n) is 10.2. The molecule has 1 aliphatic heterocycles. The SMILES string of the molecule is CC(=O)Nc1cccc(NC(=O)[C@@H]2CCCN2)n1. The van der Waals surface area contributed by atoms with Crippen LogP contribution in [0.4, 0.5) is 11.6 Å². The van der Waals surface area contributed by atoms with Gasteiger partial charge in [0.2, 0.25) is 11.8 Å². The smallest absolute Gasteiger partial charge is 0.242 e. The van der Waals surface area contributed by atoms with Gasteiger partial charge in [-0.3, -0.25) is 9.59 Å². The van der Waals surface area contributed by atoms with Crippen molar-refractivity contribution in [2.24, 2.45) is 0 Å². The zero-order valence-corrected chi connectivity index (χ0v) is 10.2. The predicted octanol–water partition coefficient (Wildman–Crippen LogP) is 0.730. The van der Waals surface area contributed by atoms with E-state index in [0.29, 0.717) is 11.6 Å². The number of pyridine rings is 1. The van der Waals surface area contributed by atoms with Gasteiger partial charge in [-0.2, -0.15) is 0 Å². The van der Waals surface area contributed by atoms with Crippen LogP contribution in [0.2, 0.25) is 0 Å². The van der Waals surface area contributed by atoms with Crippen LogP contribution in [0.25, 0.3) is 0 Å². The normalized spacial score (nSPS) is 18.4. The summed E-state index contributed by atoms with van der Waals surface area (Å²) in [6, 6.07) is 4.95. The largest absolute Gasteiger partial charge is 0.311 e. The summed E-state index contributed by atoms with van der Waals surface area (Å²) in [6.07, 6.45) is 1.86. The van der Waals surface area contributed by atoms with Crippen molar-refractivity contribution >= 4 is 23.5 Å². The van der Waals surface area contributed by atoms with Crippen molar-refractivity contribution < 1.29 is 9.59 Å². The minimum Gasteiger partial charge on any atom is -0.311 e. The average molecular weight is 248 g/mol. The Balaban J connectivity index is 2.00. The van der Waals surface area contributed by atoms with Crippen LogP contribution in [0.1, 0.15) is 19.8 Å². The van der Waals surface area contributed by atoms with Gasteiger partial charge in [-0.15, -0.1) is 0 Å². The van der Waals surface area contributed by atoms with E-state index < -0.39 is 0 Å². The van der Waals surface area contributed by atoms with Crippen LogP contribution < -0.4 is 16.0 Å². The highest BCUT2D eigenvalue weighted by atomic mass is 16.2. The maximum Gasteiger partial charge on any atom is 0.242 e. The van der Waals surface area contributed by atoms with Crippen molar-refractivity contribution in [3.8, 4) is 0 Å². The first-order chi connectivity index (χ1) is 8.65. The number of nitrogens with one attached hydrogen (secondary N) is 3. The molecule has 1 aliphatic rings. The second kappa shape index (κ2) is 5.59. The lowest BCUT2D eigenvalue weighted by Crippen LogP contribution is -2.35. The Kier molecular flexibility index (Phi) is 3.88. The van der Waals surface area contributed by atoms with Crippen LogP contribution in [0.15, 0.2) is 18.2 Å². The second-order valence-corrected chi connectivity index (χ2v) is 4.23. The Morgan fingerprint density at radius 2 is 2.06 bits per heavy atom. The summed E-state index contributed by atoms with van der Waals surface area (Å²) in [5.41, 5.74) is 0. The lowest BCUT2D eigenvalue weighted by atomic mass is 10.2. The molecule has 18 heavy (non-hydrogen) atoms. The number of carbonyl (C=O) groups is 2. The first-order valence-electron chi connectivity index (χ1n) is 5.94. The zero-order chi connectivity index (χ0) is 13.0. The minimum atomic E-state index is -0.191.